The van der Waals surface area contributed by atoms with Crippen LogP contribution in [0, 0.1) is 11.6 Å². The summed E-state index contributed by atoms with van der Waals surface area (Å²) in [5.41, 5.74) is 0.586. The van der Waals surface area contributed by atoms with E-state index in [9.17, 15) is 13.6 Å². The lowest BCUT2D eigenvalue weighted by Gasteiger charge is -2.21. The van der Waals surface area contributed by atoms with Gasteiger partial charge < -0.3 is 10.2 Å². The minimum atomic E-state index is -0.882. The molecule has 1 amide bonds. The molecule has 1 atom stereocenters. The van der Waals surface area contributed by atoms with E-state index in [1.54, 1.807) is 7.05 Å². The number of hydrogen-bond acceptors (Lipinski definition) is 2. The number of nitrogens with one attached hydrogen (secondary N) is 1. The average Bonchev–Trinajstić information content (AvgIpc) is 2.86. The summed E-state index contributed by atoms with van der Waals surface area (Å²) in [4.78, 5) is 13.5. The van der Waals surface area contributed by atoms with Gasteiger partial charge in [-0.1, -0.05) is 6.07 Å². The van der Waals surface area contributed by atoms with Crippen LogP contribution in [-0.4, -0.2) is 30.4 Å². The molecule has 1 aromatic rings. The summed E-state index contributed by atoms with van der Waals surface area (Å²) in [5.74, 6) is -1.75. The van der Waals surface area contributed by atoms with Crippen molar-refractivity contribution >= 4 is 5.91 Å². The first-order valence-corrected chi connectivity index (χ1v) is 6.00. The lowest BCUT2D eigenvalue weighted by Crippen LogP contribution is -2.41. The van der Waals surface area contributed by atoms with Crippen LogP contribution in [0.15, 0.2) is 18.2 Å². The molecule has 18 heavy (non-hydrogen) atoms. The highest BCUT2D eigenvalue weighted by atomic mass is 19.2. The van der Waals surface area contributed by atoms with Crippen molar-refractivity contribution in [1.82, 2.24) is 10.2 Å². The molecule has 1 aliphatic heterocycles. The molecule has 0 aliphatic carbocycles. The van der Waals surface area contributed by atoms with E-state index in [4.69, 9.17) is 0 Å². The van der Waals surface area contributed by atoms with Crippen molar-refractivity contribution in [2.45, 2.75) is 25.4 Å². The number of amides is 1. The summed E-state index contributed by atoms with van der Waals surface area (Å²) in [6.07, 6.45) is 1.83. The quantitative estimate of drug-likeness (QED) is 0.890. The molecular weight excluding hydrogens is 238 g/mol. The molecule has 1 aliphatic rings. The van der Waals surface area contributed by atoms with Gasteiger partial charge in [0.2, 0.25) is 5.91 Å². The number of nitrogens with zero attached hydrogens (tertiary/aromatic N) is 1. The van der Waals surface area contributed by atoms with Gasteiger partial charge in [-0.15, -0.1) is 0 Å². The van der Waals surface area contributed by atoms with Crippen molar-refractivity contribution in [3.63, 3.8) is 0 Å². The van der Waals surface area contributed by atoms with Crippen LogP contribution >= 0.6 is 0 Å². The smallest absolute Gasteiger partial charge is 0.239 e. The highest BCUT2D eigenvalue weighted by Crippen LogP contribution is 2.13. The Labute approximate surface area is 105 Å². The van der Waals surface area contributed by atoms with Gasteiger partial charge in [0, 0.05) is 13.6 Å². The van der Waals surface area contributed by atoms with Crippen LogP contribution in [0.5, 0.6) is 0 Å². The Bertz CT molecular complexity index is 445. The zero-order chi connectivity index (χ0) is 13.1. The normalized spacial score (nSPS) is 18.9. The first-order valence-electron chi connectivity index (χ1n) is 6.00. The van der Waals surface area contributed by atoms with Gasteiger partial charge in [0.05, 0.1) is 6.04 Å². The van der Waals surface area contributed by atoms with Crippen LogP contribution in [0.2, 0.25) is 0 Å². The highest BCUT2D eigenvalue weighted by molar-refractivity contribution is 5.81. The number of rotatable bonds is 3. The monoisotopic (exact) mass is 254 g/mol. The van der Waals surface area contributed by atoms with E-state index in [0.717, 1.165) is 31.5 Å². The molecule has 0 saturated carbocycles. The topological polar surface area (TPSA) is 32.3 Å². The summed E-state index contributed by atoms with van der Waals surface area (Å²) in [6, 6.07) is 3.56. The van der Waals surface area contributed by atoms with Crippen molar-refractivity contribution in [3.8, 4) is 0 Å². The Morgan fingerprint density at radius 2 is 2.22 bits per heavy atom. The first-order chi connectivity index (χ1) is 8.58. The maximum absolute atomic E-state index is 13.0. The van der Waals surface area contributed by atoms with Gasteiger partial charge in [-0.2, -0.15) is 0 Å². The fourth-order valence-corrected chi connectivity index (χ4v) is 2.15. The fraction of sp³-hybridized carbons (Fsp3) is 0.462. The molecule has 98 valence electrons. The zero-order valence-electron chi connectivity index (χ0n) is 10.2. The van der Waals surface area contributed by atoms with Crippen molar-refractivity contribution in [1.29, 1.82) is 0 Å². The standard InChI is InChI=1S/C13H16F2N2O/c1-17(13(18)12-3-2-6-16-12)8-9-4-5-10(14)11(15)7-9/h4-5,7,12,16H,2-3,6,8H2,1H3/t12-/m0/s1. The first kappa shape index (κ1) is 13.0. The molecular formula is C13H16F2N2O. The van der Waals surface area contributed by atoms with E-state index in [0.29, 0.717) is 5.56 Å². The predicted octanol–water partition coefficient (Wildman–Crippen LogP) is 1.68. The lowest BCUT2D eigenvalue weighted by molar-refractivity contribution is -0.132. The third kappa shape index (κ3) is 2.85. The van der Waals surface area contributed by atoms with Gasteiger partial charge in [0.1, 0.15) is 0 Å². The number of likely N-dealkylation sites (N-methyl/N-ethyl adjacent to an activating group) is 1. The Balaban J connectivity index is 1.99. The van der Waals surface area contributed by atoms with Crippen LogP contribution in [0.25, 0.3) is 0 Å². The van der Waals surface area contributed by atoms with E-state index in [2.05, 4.69) is 5.32 Å². The third-order valence-corrected chi connectivity index (χ3v) is 3.14. The van der Waals surface area contributed by atoms with Crippen molar-refractivity contribution in [2.24, 2.45) is 0 Å². The fourth-order valence-electron chi connectivity index (χ4n) is 2.15. The number of benzene rings is 1. The molecule has 0 bridgehead atoms. The second-order valence-electron chi connectivity index (χ2n) is 4.59. The predicted molar refractivity (Wildman–Crippen MR) is 63.9 cm³/mol. The van der Waals surface area contributed by atoms with Crippen molar-refractivity contribution in [3.05, 3.63) is 35.4 Å². The van der Waals surface area contributed by atoms with Crippen LogP contribution in [0.4, 0.5) is 8.78 Å². The van der Waals surface area contributed by atoms with E-state index in [-0.39, 0.29) is 18.5 Å². The van der Waals surface area contributed by atoms with Crippen molar-refractivity contribution < 1.29 is 13.6 Å². The second-order valence-corrected chi connectivity index (χ2v) is 4.59. The molecule has 1 aromatic carbocycles. The van der Waals surface area contributed by atoms with Gasteiger partial charge in [-0.25, -0.2) is 8.78 Å². The van der Waals surface area contributed by atoms with Crippen LogP contribution in [0.1, 0.15) is 18.4 Å². The summed E-state index contributed by atoms with van der Waals surface area (Å²) < 4.78 is 25.8. The highest BCUT2D eigenvalue weighted by Gasteiger charge is 2.24. The largest absolute Gasteiger partial charge is 0.340 e. The van der Waals surface area contributed by atoms with Crippen LogP contribution in [0.3, 0.4) is 0 Å². The molecule has 0 radical (unpaired) electrons. The van der Waals surface area contributed by atoms with Gasteiger partial charge in [-0.05, 0) is 37.1 Å². The second kappa shape index (κ2) is 5.44. The Morgan fingerprint density at radius 3 is 2.83 bits per heavy atom. The Hall–Kier alpha value is -1.49. The molecule has 1 heterocycles. The Morgan fingerprint density at radius 1 is 1.44 bits per heavy atom. The minimum absolute atomic E-state index is 0.00256. The number of halogens is 2. The number of carbonyl (C=O) groups is 1. The van der Waals surface area contributed by atoms with Crippen LogP contribution < -0.4 is 5.32 Å². The van der Waals surface area contributed by atoms with Gasteiger partial charge >= 0.3 is 0 Å². The van der Waals surface area contributed by atoms with E-state index in [1.807, 2.05) is 0 Å². The third-order valence-electron chi connectivity index (χ3n) is 3.14. The van der Waals surface area contributed by atoms with Crippen molar-refractivity contribution in [2.75, 3.05) is 13.6 Å². The summed E-state index contributed by atoms with van der Waals surface area (Å²) in [6.45, 7) is 1.14. The van der Waals surface area contributed by atoms with E-state index in [1.165, 1.54) is 11.0 Å². The molecule has 3 nitrogen and oxygen atoms in total. The minimum Gasteiger partial charge on any atom is -0.340 e. The Kier molecular flexibility index (Phi) is 3.91. The number of hydrogen-bond donors (Lipinski definition) is 1. The average molecular weight is 254 g/mol. The van der Waals surface area contributed by atoms with E-state index < -0.39 is 11.6 Å². The maximum Gasteiger partial charge on any atom is 0.239 e. The van der Waals surface area contributed by atoms with E-state index >= 15 is 0 Å². The molecule has 2 rings (SSSR count). The number of carbonyl (C=O) groups excluding carboxylic acids is 1. The SMILES string of the molecule is CN(Cc1ccc(F)c(F)c1)C(=O)[C@@H]1CCCN1. The summed E-state index contributed by atoms with van der Waals surface area (Å²) >= 11 is 0. The molecule has 0 unspecified atom stereocenters. The van der Waals surface area contributed by atoms with Crippen LogP contribution in [-0.2, 0) is 11.3 Å². The zero-order valence-corrected chi connectivity index (χ0v) is 10.2. The summed E-state index contributed by atoms with van der Waals surface area (Å²) in [5, 5.41) is 3.12. The van der Waals surface area contributed by atoms with Gasteiger partial charge in [-0.3, -0.25) is 4.79 Å². The molecule has 1 N–H and O–H groups in total. The molecule has 5 heteroatoms. The molecule has 0 spiro atoms. The lowest BCUT2D eigenvalue weighted by atomic mass is 10.1. The summed E-state index contributed by atoms with van der Waals surface area (Å²) in [7, 11) is 1.67. The van der Waals surface area contributed by atoms with Gasteiger partial charge in [0.25, 0.3) is 0 Å². The molecule has 1 fully saturated rings. The maximum atomic E-state index is 13.0. The van der Waals surface area contributed by atoms with Gasteiger partial charge in [0.15, 0.2) is 11.6 Å². The molecule has 1 saturated heterocycles. The molecule has 0 aromatic heterocycles.